The van der Waals surface area contributed by atoms with Crippen molar-refractivity contribution in [2.45, 2.75) is 6.92 Å². The zero-order chi connectivity index (χ0) is 24.5. The fourth-order valence-corrected chi connectivity index (χ4v) is 4.36. The molecule has 8 heteroatoms. The third-order valence-corrected chi connectivity index (χ3v) is 6.27. The number of halogens is 1. The molecule has 4 aromatic rings. The molecule has 7 nitrogen and oxygen atoms in total. The van der Waals surface area contributed by atoms with Gasteiger partial charge in [-0.05, 0) is 54.8 Å². The summed E-state index contributed by atoms with van der Waals surface area (Å²) in [5.41, 5.74) is 4.37. The van der Waals surface area contributed by atoms with Crippen molar-refractivity contribution in [1.29, 1.82) is 0 Å². The van der Waals surface area contributed by atoms with E-state index in [1.54, 1.807) is 49.4 Å². The average molecular weight is 531 g/mol. The van der Waals surface area contributed by atoms with Gasteiger partial charge in [0.1, 0.15) is 17.1 Å². The number of esters is 1. The first-order valence-corrected chi connectivity index (χ1v) is 11.7. The summed E-state index contributed by atoms with van der Waals surface area (Å²) in [5.74, 6) is -0.486. The molecule has 1 saturated heterocycles. The smallest absolute Gasteiger partial charge is 0.338 e. The van der Waals surface area contributed by atoms with Crippen LogP contribution in [0, 0.1) is 0 Å². The Balaban J connectivity index is 1.41. The molecule has 0 unspecified atom stereocenters. The third-order valence-electron chi connectivity index (χ3n) is 5.57. The van der Waals surface area contributed by atoms with Gasteiger partial charge in [0.25, 0.3) is 11.8 Å². The van der Waals surface area contributed by atoms with Crippen LogP contribution in [0.1, 0.15) is 23.0 Å². The molecule has 1 aliphatic heterocycles. The number of ether oxygens (including phenoxy) is 1. The van der Waals surface area contributed by atoms with Crippen LogP contribution in [0.4, 0.5) is 5.69 Å². The monoisotopic (exact) mass is 530 g/mol. The van der Waals surface area contributed by atoms with E-state index in [0.717, 1.165) is 20.8 Å². The van der Waals surface area contributed by atoms with E-state index in [9.17, 15) is 14.4 Å². The Kier molecular flexibility index (Phi) is 5.96. The molecule has 3 aromatic carbocycles. The van der Waals surface area contributed by atoms with E-state index in [-0.39, 0.29) is 5.57 Å². The first kappa shape index (κ1) is 22.6. The van der Waals surface area contributed by atoms with Crippen molar-refractivity contribution in [1.82, 2.24) is 5.43 Å². The van der Waals surface area contributed by atoms with Crippen LogP contribution < -0.4 is 10.4 Å². The van der Waals surface area contributed by atoms with Crippen molar-refractivity contribution in [2.75, 3.05) is 11.6 Å². The normalized spacial score (nSPS) is 14.6. The van der Waals surface area contributed by atoms with Crippen molar-refractivity contribution in [3.8, 4) is 11.3 Å². The molecule has 0 atom stereocenters. The largest absolute Gasteiger partial charge is 0.462 e. The van der Waals surface area contributed by atoms with Crippen molar-refractivity contribution >= 4 is 56.2 Å². The van der Waals surface area contributed by atoms with E-state index in [2.05, 4.69) is 21.4 Å². The van der Waals surface area contributed by atoms with E-state index < -0.39 is 17.8 Å². The van der Waals surface area contributed by atoms with Gasteiger partial charge in [0, 0.05) is 15.4 Å². The molecular formula is C27H19BrN2O5. The fourth-order valence-electron chi connectivity index (χ4n) is 3.88. The lowest BCUT2D eigenvalue weighted by molar-refractivity contribution is -0.117. The molecule has 1 fully saturated rings. The van der Waals surface area contributed by atoms with Gasteiger partial charge in [-0.15, -0.1) is 0 Å². The van der Waals surface area contributed by atoms with E-state index in [4.69, 9.17) is 9.15 Å². The molecule has 2 amide bonds. The summed E-state index contributed by atoms with van der Waals surface area (Å²) in [6.45, 7) is 2.05. The van der Waals surface area contributed by atoms with Gasteiger partial charge >= 0.3 is 5.97 Å². The Labute approximate surface area is 209 Å². The zero-order valence-electron chi connectivity index (χ0n) is 18.6. The van der Waals surface area contributed by atoms with E-state index in [1.807, 2.05) is 30.3 Å². The van der Waals surface area contributed by atoms with E-state index in [0.29, 0.717) is 29.4 Å². The Morgan fingerprint density at radius 3 is 2.49 bits per heavy atom. The van der Waals surface area contributed by atoms with Crippen LogP contribution >= 0.6 is 15.9 Å². The maximum Gasteiger partial charge on any atom is 0.338 e. The minimum absolute atomic E-state index is 0.0319. The summed E-state index contributed by atoms with van der Waals surface area (Å²) in [4.78, 5) is 37.7. The number of hydrogen-bond acceptors (Lipinski definition) is 5. The summed E-state index contributed by atoms with van der Waals surface area (Å²) < 4.78 is 11.7. The lowest BCUT2D eigenvalue weighted by atomic mass is 10.1. The number of carbonyl (C=O) groups is 3. The van der Waals surface area contributed by atoms with Crippen LogP contribution in [0.3, 0.4) is 0 Å². The van der Waals surface area contributed by atoms with E-state index in [1.165, 1.54) is 11.1 Å². The number of fused-ring (bicyclic) bond motifs is 1. The summed E-state index contributed by atoms with van der Waals surface area (Å²) in [5, 5.41) is 3.00. The Morgan fingerprint density at radius 1 is 1.00 bits per heavy atom. The second kappa shape index (κ2) is 9.23. The van der Waals surface area contributed by atoms with Gasteiger partial charge < -0.3 is 9.15 Å². The highest BCUT2D eigenvalue weighted by Gasteiger charge is 2.35. The van der Waals surface area contributed by atoms with Crippen LogP contribution in [-0.4, -0.2) is 24.4 Å². The predicted octanol–water partition coefficient (Wildman–Crippen LogP) is 5.50. The highest BCUT2D eigenvalue weighted by Crippen LogP contribution is 2.34. The SMILES string of the molecule is CCOC(=O)c1ccc(-c2ccc(/C=C3/C(=O)NN(c4ccc(Br)c5ccccc45)C3=O)o2)cc1. The van der Waals surface area contributed by atoms with Crippen molar-refractivity contribution in [2.24, 2.45) is 0 Å². The summed E-state index contributed by atoms with van der Waals surface area (Å²) in [6, 6.07) is 21.4. The molecule has 0 saturated carbocycles. The molecule has 0 spiro atoms. The number of furan rings is 1. The van der Waals surface area contributed by atoms with Crippen molar-refractivity contribution in [3.63, 3.8) is 0 Å². The Morgan fingerprint density at radius 2 is 1.74 bits per heavy atom. The van der Waals surface area contributed by atoms with Gasteiger partial charge in [-0.2, -0.15) is 0 Å². The molecule has 0 bridgehead atoms. The predicted molar refractivity (Wildman–Crippen MR) is 135 cm³/mol. The summed E-state index contributed by atoms with van der Waals surface area (Å²) in [7, 11) is 0. The highest BCUT2D eigenvalue weighted by molar-refractivity contribution is 9.10. The van der Waals surface area contributed by atoms with E-state index >= 15 is 0 Å². The third kappa shape index (κ3) is 4.24. The lowest BCUT2D eigenvalue weighted by Gasteiger charge is -2.17. The number of hydrazine groups is 1. The molecule has 0 radical (unpaired) electrons. The van der Waals surface area contributed by atoms with Crippen LogP contribution in [0.15, 0.2) is 87.3 Å². The molecule has 1 aliphatic rings. The first-order valence-electron chi connectivity index (χ1n) is 10.9. The van der Waals surface area contributed by atoms with Gasteiger partial charge in [-0.1, -0.05) is 52.3 Å². The van der Waals surface area contributed by atoms with Crippen molar-refractivity contribution in [3.05, 3.63) is 94.2 Å². The first-order chi connectivity index (χ1) is 17.0. The zero-order valence-corrected chi connectivity index (χ0v) is 20.2. The molecule has 5 rings (SSSR count). The van der Waals surface area contributed by atoms with Crippen LogP contribution in [-0.2, 0) is 14.3 Å². The number of carbonyl (C=O) groups excluding carboxylic acids is 3. The average Bonchev–Trinajstić information content (AvgIpc) is 3.45. The Bertz CT molecular complexity index is 1500. The van der Waals surface area contributed by atoms with Gasteiger partial charge in [-0.25, -0.2) is 9.80 Å². The lowest BCUT2D eigenvalue weighted by Crippen LogP contribution is -2.35. The Hall–Kier alpha value is -4.17. The molecule has 174 valence electrons. The number of rotatable bonds is 5. The minimum Gasteiger partial charge on any atom is -0.462 e. The maximum atomic E-state index is 13.2. The number of anilines is 1. The number of benzene rings is 3. The topological polar surface area (TPSA) is 88.9 Å². The number of nitrogens with zero attached hydrogens (tertiary/aromatic N) is 1. The maximum absolute atomic E-state index is 13.2. The molecular weight excluding hydrogens is 512 g/mol. The molecule has 35 heavy (non-hydrogen) atoms. The summed E-state index contributed by atoms with van der Waals surface area (Å²) >= 11 is 3.52. The highest BCUT2D eigenvalue weighted by atomic mass is 79.9. The molecule has 2 heterocycles. The van der Waals surface area contributed by atoms with Gasteiger partial charge in [-0.3, -0.25) is 15.0 Å². The second-order valence-electron chi connectivity index (χ2n) is 7.75. The van der Waals surface area contributed by atoms with Crippen LogP contribution in [0.5, 0.6) is 0 Å². The minimum atomic E-state index is -0.515. The van der Waals surface area contributed by atoms with Crippen molar-refractivity contribution < 1.29 is 23.5 Å². The number of amides is 2. The molecule has 1 N–H and O–H groups in total. The molecule has 1 aromatic heterocycles. The summed E-state index contributed by atoms with van der Waals surface area (Å²) in [6.07, 6.45) is 1.43. The quantitative estimate of drug-likeness (QED) is 0.209. The standard InChI is InChI=1S/C27H19BrN2O5/c1-2-34-27(33)17-9-7-16(8-10-17)24-14-11-18(35-24)15-21-25(31)29-30(26(21)32)23-13-12-22(28)19-5-3-4-6-20(19)23/h3-15H,2H2,1H3,(H,29,31)/b21-15-. The van der Waals surface area contributed by atoms with Crippen LogP contribution in [0.25, 0.3) is 28.2 Å². The molecule has 0 aliphatic carbocycles. The number of hydrogen-bond donors (Lipinski definition) is 1. The second-order valence-corrected chi connectivity index (χ2v) is 8.61. The van der Waals surface area contributed by atoms with Gasteiger partial charge in [0.05, 0.1) is 17.9 Å². The number of nitrogens with one attached hydrogen (secondary N) is 1. The van der Waals surface area contributed by atoms with Crippen LogP contribution in [0.2, 0.25) is 0 Å². The fraction of sp³-hybridized carbons (Fsp3) is 0.0741. The van der Waals surface area contributed by atoms with Gasteiger partial charge in [0.15, 0.2) is 0 Å². The van der Waals surface area contributed by atoms with Gasteiger partial charge in [0.2, 0.25) is 0 Å².